The normalized spacial score (nSPS) is 21.5. The number of aromatic nitrogens is 2. The van der Waals surface area contributed by atoms with Crippen LogP contribution >= 0.6 is 12.2 Å². The van der Waals surface area contributed by atoms with Gasteiger partial charge in [-0.05, 0) is 66.5 Å². The Bertz CT molecular complexity index is 1030. The molecule has 0 bridgehead atoms. The van der Waals surface area contributed by atoms with Crippen molar-refractivity contribution in [3.8, 4) is 5.75 Å². The zero-order valence-electron chi connectivity index (χ0n) is 17.8. The summed E-state index contributed by atoms with van der Waals surface area (Å²) in [5.41, 5.74) is 3.50. The van der Waals surface area contributed by atoms with Crippen LogP contribution in [0.1, 0.15) is 60.6 Å². The highest BCUT2D eigenvalue weighted by molar-refractivity contribution is 7.80. The summed E-state index contributed by atoms with van der Waals surface area (Å²) in [7, 11) is 1.69. The van der Waals surface area contributed by atoms with E-state index in [1.165, 1.54) is 36.8 Å². The molecule has 2 atom stereocenters. The van der Waals surface area contributed by atoms with Crippen molar-refractivity contribution >= 4 is 17.3 Å². The van der Waals surface area contributed by atoms with E-state index in [0.29, 0.717) is 6.04 Å². The molecule has 1 aliphatic carbocycles. The van der Waals surface area contributed by atoms with Crippen LogP contribution in [0.25, 0.3) is 0 Å². The molecular weight excluding hydrogens is 404 g/mol. The number of methoxy groups -OCH3 is 1. The highest BCUT2D eigenvalue weighted by Gasteiger charge is 2.40. The lowest BCUT2D eigenvalue weighted by Crippen LogP contribution is -2.29. The number of pyridine rings is 1. The molecule has 1 saturated carbocycles. The molecule has 1 N–H and O–H groups in total. The van der Waals surface area contributed by atoms with Crippen molar-refractivity contribution in [2.24, 2.45) is 0 Å². The molecule has 5 nitrogen and oxygen atoms in total. The zero-order chi connectivity index (χ0) is 21.2. The predicted octanol–water partition coefficient (Wildman–Crippen LogP) is 5.18. The van der Waals surface area contributed by atoms with Crippen LogP contribution in [0.15, 0.2) is 67.1 Å². The minimum Gasteiger partial charge on any atom is -0.497 e. The van der Waals surface area contributed by atoms with Gasteiger partial charge in [0.2, 0.25) is 0 Å². The standard InChI is InChI=1S/C25H28N4OS/c1-30-21-11-9-18(10-12-21)16-29-24(19-13-15-28(17-19)20-6-2-3-7-20)23(27-25(29)31)22-8-4-5-14-26-22/h4-5,8-15,17,20,23-24H,2-3,6-7,16H2,1H3,(H,27,31). The number of benzene rings is 1. The fourth-order valence-electron chi connectivity index (χ4n) is 4.90. The second-order valence-electron chi connectivity index (χ2n) is 8.43. The van der Waals surface area contributed by atoms with Crippen LogP contribution in [0, 0.1) is 0 Å². The zero-order valence-corrected chi connectivity index (χ0v) is 18.6. The van der Waals surface area contributed by atoms with Gasteiger partial charge in [-0.1, -0.05) is 31.0 Å². The van der Waals surface area contributed by atoms with E-state index in [1.807, 2.05) is 30.5 Å². The van der Waals surface area contributed by atoms with Gasteiger partial charge in [-0.15, -0.1) is 0 Å². The molecule has 3 aromatic rings. The van der Waals surface area contributed by atoms with E-state index in [1.54, 1.807) is 7.11 Å². The summed E-state index contributed by atoms with van der Waals surface area (Å²) in [6.45, 7) is 0.735. The maximum atomic E-state index is 5.81. The number of ether oxygens (including phenoxy) is 1. The predicted molar refractivity (Wildman–Crippen MR) is 126 cm³/mol. The minimum atomic E-state index is 0.0198. The molecule has 31 heavy (non-hydrogen) atoms. The summed E-state index contributed by atoms with van der Waals surface area (Å²) in [5, 5.41) is 4.32. The lowest BCUT2D eigenvalue weighted by molar-refractivity contribution is 0.310. The van der Waals surface area contributed by atoms with Gasteiger partial charge < -0.3 is 19.5 Å². The van der Waals surface area contributed by atoms with Crippen LogP contribution < -0.4 is 10.1 Å². The molecule has 3 heterocycles. The Morgan fingerprint density at radius 3 is 2.61 bits per heavy atom. The fraction of sp³-hybridized carbons (Fsp3) is 0.360. The fourth-order valence-corrected chi connectivity index (χ4v) is 5.21. The monoisotopic (exact) mass is 432 g/mol. The van der Waals surface area contributed by atoms with Crippen molar-refractivity contribution < 1.29 is 4.74 Å². The Kier molecular flexibility index (Phi) is 5.64. The summed E-state index contributed by atoms with van der Waals surface area (Å²) < 4.78 is 7.72. The molecule has 2 aromatic heterocycles. The molecule has 1 aliphatic heterocycles. The van der Waals surface area contributed by atoms with Gasteiger partial charge in [0.25, 0.3) is 0 Å². The average Bonchev–Trinajstić information content (AvgIpc) is 3.56. The van der Waals surface area contributed by atoms with Crippen LogP contribution in [0.5, 0.6) is 5.75 Å². The highest BCUT2D eigenvalue weighted by atomic mass is 32.1. The van der Waals surface area contributed by atoms with E-state index in [9.17, 15) is 0 Å². The first-order chi connectivity index (χ1) is 15.2. The molecule has 0 amide bonds. The van der Waals surface area contributed by atoms with Crippen molar-refractivity contribution in [1.29, 1.82) is 0 Å². The van der Waals surface area contributed by atoms with Gasteiger partial charge in [0.15, 0.2) is 5.11 Å². The number of nitrogens with zero attached hydrogens (tertiary/aromatic N) is 3. The second-order valence-corrected chi connectivity index (χ2v) is 8.82. The number of thiocarbonyl (C=S) groups is 1. The van der Waals surface area contributed by atoms with Gasteiger partial charge in [0.1, 0.15) is 5.75 Å². The van der Waals surface area contributed by atoms with Gasteiger partial charge in [-0.2, -0.15) is 0 Å². The average molecular weight is 433 g/mol. The number of hydrogen-bond donors (Lipinski definition) is 1. The Morgan fingerprint density at radius 2 is 1.90 bits per heavy atom. The summed E-state index contributed by atoms with van der Waals surface area (Å²) in [6.07, 6.45) is 11.6. The molecule has 2 aliphatic rings. The van der Waals surface area contributed by atoms with Crippen LogP contribution in [0.2, 0.25) is 0 Å². The summed E-state index contributed by atoms with van der Waals surface area (Å²) >= 11 is 5.81. The summed E-state index contributed by atoms with van der Waals surface area (Å²) in [4.78, 5) is 6.94. The van der Waals surface area contributed by atoms with Crippen LogP contribution in [0.4, 0.5) is 0 Å². The third-order valence-corrected chi connectivity index (χ3v) is 6.89. The van der Waals surface area contributed by atoms with Crippen LogP contribution in [-0.4, -0.2) is 26.7 Å². The topological polar surface area (TPSA) is 42.3 Å². The van der Waals surface area contributed by atoms with Gasteiger partial charge >= 0.3 is 0 Å². The Labute approximate surface area is 189 Å². The van der Waals surface area contributed by atoms with Crippen molar-refractivity contribution in [2.75, 3.05) is 7.11 Å². The smallest absolute Gasteiger partial charge is 0.170 e. The lowest BCUT2D eigenvalue weighted by atomic mass is 9.98. The SMILES string of the molecule is COc1ccc(CN2C(=S)NC(c3ccccn3)C2c2ccn(C3CCCC3)c2)cc1. The third kappa shape index (κ3) is 4.04. The molecule has 1 saturated heterocycles. The number of rotatable bonds is 6. The van der Waals surface area contributed by atoms with Gasteiger partial charge in [0.05, 0.1) is 24.9 Å². The minimum absolute atomic E-state index is 0.0198. The second kappa shape index (κ2) is 8.71. The van der Waals surface area contributed by atoms with Gasteiger partial charge in [-0.25, -0.2) is 0 Å². The number of nitrogens with one attached hydrogen (secondary N) is 1. The molecule has 160 valence electrons. The maximum absolute atomic E-state index is 5.81. The molecule has 5 rings (SSSR count). The first-order valence-electron chi connectivity index (χ1n) is 11.0. The van der Waals surface area contributed by atoms with Crippen LogP contribution in [0.3, 0.4) is 0 Å². The van der Waals surface area contributed by atoms with E-state index in [2.05, 4.69) is 56.4 Å². The molecular formula is C25H28N4OS. The molecule has 2 fully saturated rings. The van der Waals surface area contributed by atoms with E-state index >= 15 is 0 Å². The van der Waals surface area contributed by atoms with E-state index in [4.69, 9.17) is 17.0 Å². The Morgan fingerprint density at radius 1 is 1.10 bits per heavy atom. The first kappa shape index (κ1) is 20.1. The largest absolute Gasteiger partial charge is 0.497 e. The van der Waals surface area contributed by atoms with E-state index < -0.39 is 0 Å². The van der Waals surface area contributed by atoms with Crippen molar-refractivity contribution in [3.63, 3.8) is 0 Å². The van der Waals surface area contributed by atoms with E-state index in [0.717, 1.165) is 23.1 Å². The third-order valence-electron chi connectivity index (χ3n) is 6.53. The van der Waals surface area contributed by atoms with Crippen molar-refractivity contribution in [3.05, 3.63) is 83.9 Å². The number of hydrogen-bond acceptors (Lipinski definition) is 3. The van der Waals surface area contributed by atoms with Crippen LogP contribution in [-0.2, 0) is 6.54 Å². The summed E-state index contributed by atoms with van der Waals surface area (Å²) in [6, 6.07) is 17.3. The first-order valence-corrected chi connectivity index (χ1v) is 11.4. The van der Waals surface area contributed by atoms with Gasteiger partial charge in [0, 0.05) is 31.2 Å². The van der Waals surface area contributed by atoms with E-state index in [-0.39, 0.29) is 12.1 Å². The molecule has 0 spiro atoms. The molecule has 1 aromatic carbocycles. The Balaban J connectivity index is 1.48. The van der Waals surface area contributed by atoms with Crippen molar-refractivity contribution in [1.82, 2.24) is 19.8 Å². The quantitative estimate of drug-likeness (QED) is 0.544. The molecule has 6 heteroatoms. The molecule has 2 unspecified atom stereocenters. The maximum Gasteiger partial charge on any atom is 0.170 e. The summed E-state index contributed by atoms with van der Waals surface area (Å²) in [5.74, 6) is 0.863. The molecule has 0 radical (unpaired) electrons. The van der Waals surface area contributed by atoms with Gasteiger partial charge in [-0.3, -0.25) is 4.98 Å². The Hall–Kier alpha value is -2.86. The lowest BCUT2D eigenvalue weighted by Gasteiger charge is -2.27. The highest BCUT2D eigenvalue weighted by Crippen LogP contribution is 2.40. The van der Waals surface area contributed by atoms with Crippen molar-refractivity contribution in [2.45, 2.75) is 50.4 Å².